The molecule has 0 fully saturated rings. The van der Waals surface area contributed by atoms with Gasteiger partial charge in [0.15, 0.2) is 5.92 Å². The molecule has 0 aliphatic carbocycles. The van der Waals surface area contributed by atoms with E-state index in [-0.39, 0.29) is 0 Å². The number of esters is 2. The maximum atomic E-state index is 12.0. The number of methoxy groups -OCH3 is 2. The maximum Gasteiger partial charge on any atom is 0.320 e. The second-order valence-corrected chi connectivity index (χ2v) is 5.08. The van der Waals surface area contributed by atoms with Crippen LogP contribution in [-0.2, 0) is 28.5 Å². The lowest BCUT2D eigenvalue weighted by atomic mass is 10.0. The van der Waals surface area contributed by atoms with E-state index in [1.165, 1.54) is 0 Å². The smallest absolute Gasteiger partial charge is 0.320 e. The third-order valence-electron chi connectivity index (χ3n) is 3.12. The van der Waals surface area contributed by atoms with Gasteiger partial charge in [0.25, 0.3) is 0 Å². The molecule has 0 aromatic rings. The highest BCUT2D eigenvalue weighted by Crippen LogP contribution is 2.12. The molecule has 130 valence electrons. The number of hydrogen-bond acceptors (Lipinski definition) is 6. The minimum atomic E-state index is -0.810. The van der Waals surface area contributed by atoms with Gasteiger partial charge in [-0.2, -0.15) is 0 Å². The van der Waals surface area contributed by atoms with Crippen molar-refractivity contribution in [2.75, 3.05) is 40.6 Å². The van der Waals surface area contributed by atoms with Crippen LogP contribution >= 0.6 is 0 Å². The first-order valence-corrected chi connectivity index (χ1v) is 7.98. The zero-order valence-corrected chi connectivity index (χ0v) is 14.1. The fourth-order valence-corrected chi connectivity index (χ4v) is 1.86. The summed E-state index contributed by atoms with van der Waals surface area (Å²) in [5, 5.41) is 0. The second-order valence-electron chi connectivity index (χ2n) is 5.08. The Morgan fingerprint density at radius 2 is 1.18 bits per heavy atom. The topological polar surface area (TPSA) is 71.1 Å². The largest absolute Gasteiger partial charge is 0.465 e. The van der Waals surface area contributed by atoms with Crippen molar-refractivity contribution >= 4 is 11.9 Å². The zero-order chi connectivity index (χ0) is 16.6. The van der Waals surface area contributed by atoms with Crippen LogP contribution in [0, 0.1) is 5.92 Å². The molecule has 0 aromatic carbocycles. The summed E-state index contributed by atoms with van der Waals surface area (Å²) in [6, 6.07) is 0. The van der Waals surface area contributed by atoms with E-state index in [4.69, 9.17) is 18.9 Å². The van der Waals surface area contributed by atoms with Crippen molar-refractivity contribution < 1.29 is 28.5 Å². The summed E-state index contributed by atoms with van der Waals surface area (Å²) < 4.78 is 20.2. The van der Waals surface area contributed by atoms with Gasteiger partial charge in [-0.15, -0.1) is 0 Å². The van der Waals surface area contributed by atoms with Crippen LogP contribution in [0.5, 0.6) is 0 Å². The standard InChI is InChI=1S/C16H30O6/c1-4-9-14(15(17)21-12-7-5-10-19-2)16(18)22-13-8-6-11-20-3/h14H,4-13H2,1-3H3. The maximum absolute atomic E-state index is 12.0. The van der Waals surface area contributed by atoms with Crippen molar-refractivity contribution in [1.29, 1.82) is 0 Å². The lowest BCUT2D eigenvalue weighted by molar-refractivity contribution is -0.162. The number of rotatable bonds is 14. The molecule has 0 bridgehead atoms. The van der Waals surface area contributed by atoms with E-state index >= 15 is 0 Å². The van der Waals surface area contributed by atoms with E-state index in [1.807, 2.05) is 6.92 Å². The van der Waals surface area contributed by atoms with Crippen LogP contribution in [0.25, 0.3) is 0 Å². The molecule has 0 amide bonds. The van der Waals surface area contributed by atoms with Gasteiger partial charge in [-0.1, -0.05) is 13.3 Å². The van der Waals surface area contributed by atoms with Crippen molar-refractivity contribution in [3.63, 3.8) is 0 Å². The van der Waals surface area contributed by atoms with Crippen LogP contribution in [0.1, 0.15) is 45.4 Å². The Hall–Kier alpha value is -1.14. The molecule has 0 aliphatic heterocycles. The zero-order valence-electron chi connectivity index (χ0n) is 14.1. The Labute approximate surface area is 133 Å². The normalized spacial score (nSPS) is 10.7. The third kappa shape index (κ3) is 10.6. The van der Waals surface area contributed by atoms with Crippen LogP contribution in [0.4, 0.5) is 0 Å². The van der Waals surface area contributed by atoms with Gasteiger partial charge in [0.2, 0.25) is 0 Å². The van der Waals surface area contributed by atoms with Crippen LogP contribution in [-0.4, -0.2) is 52.6 Å². The van der Waals surface area contributed by atoms with Crippen LogP contribution in [0.2, 0.25) is 0 Å². The minimum absolute atomic E-state index is 0.309. The fraction of sp³-hybridized carbons (Fsp3) is 0.875. The molecule has 0 spiro atoms. The molecule has 0 unspecified atom stereocenters. The average Bonchev–Trinajstić information content (AvgIpc) is 2.51. The molecule has 0 saturated carbocycles. The molecular weight excluding hydrogens is 288 g/mol. The van der Waals surface area contributed by atoms with E-state index in [9.17, 15) is 9.59 Å². The van der Waals surface area contributed by atoms with Gasteiger partial charge in [-0.25, -0.2) is 0 Å². The molecular formula is C16H30O6. The predicted molar refractivity (Wildman–Crippen MR) is 82.5 cm³/mol. The van der Waals surface area contributed by atoms with Crippen molar-refractivity contribution in [2.45, 2.75) is 45.4 Å². The summed E-state index contributed by atoms with van der Waals surface area (Å²) in [6.07, 6.45) is 4.28. The summed E-state index contributed by atoms with van der Waals surface area (Å²) in [5.74, 6) is -1.78. The molecule has 0 saturated heterocycles. The highest BCUT2D eigenvalue weighted by molar-refractivity contribution is 5.94. The first kappa shape index (κ1) is 20.9. The van der Waals surface area contributed by atoms with E-state index in [0.29, 0.717) is 32.8 Å². The van der Waals surface area contributed by atoms with Crippen molar-refractivity contribution in [3.8, 4) is 0 Å². The molecule has 0 aliphatic rings. The molecule has 6 nitrogen and oxygen atoms in total. The Bertz CT molecular complexity index is 266. The average molecular weight is 318 g/mol. The van der Waals surface area contributed by atoms with Crippen molar-refractivity contribution in [1.82, 2.24) is 0 Å². The molecule has 0 rings (SSSR count). The summed E-state index contributed by atoms with van der Waals surface area (Å²) in [6.45, 7) is 3.82. The molecule has 22 heavy (non-hydrogen) atoms. The lowest BCUT2D eigenvalue weighted by Crippen LogP contribution is -2.28. The molecule has 0 atom stereocenters. The van der Waals surface area contributed by atoms with Crippen molar-refractivity contribution in [3.05, 3.63) is 0 Å². The van der Waals surface area contributed by atoms with Crippen LogP contribution in [0.15, 0.2) is 0 Å². The van der Waals surface area contributed by atoms with Gasteiger partial charge < -0.3 is 18.9 Å². The molecule has 0 heterocycles. The number of hydrogen-bond donors (Lipinski definition) is 0. The molecule has 0 radical (unpaired) electrons. The van der Waals surface area contributed by atoms with Gasteiger partial charge in [-0.05, 0) is 32.1 Å². The van der Waals surface area contributed by atoms with E-state index in [0.717, 1.165) is 32.1 Å². The SMILES string of the molecule is CCCC(C(=O)OCCCCOC)C(=O)OCCCCOC. The number of ether oxygens (including phenoxy) is 4. The first-order valence-electron chi connectivity index (χ1n) is 7.98. The van der Waals surface area contributed by atoms with Gasteiger partial charge in [0.05, 0.1) is 13.2 Å². The first-order chi connectivity index (χ1) is 10.7. The Morgan fingerprint density at radius 1 is 0.773 bits per heavy atom. The second kappa shape index (κ2) is 14.8. The quantitative estimate of drug-likeness (QED) is 0.278. The summed E-state index contributed by atoms with van der Waals surface area (Å²) in [4.78, 5) is 23.9. The Balaban J connectivity index is 4.03. The van der Waals surface area contributed by atoms with Gasteiger partial charge in [0, 0.05) is 27.4 Å². The lowest BCUT2D eigenvalue weighted by Gasteiger charge is -2.14. The Kier molecular flexibility index (Phi) is 14.0. The fourth-order valence-electron chi connectivity index (χ4n) is 1.86. The monoisotopic (exact) mass is 318 g/mol. The van der Waals surface area contributed by atoms with Gasteiger partial charge in [0.1, 0.15) is 0 Å². The van der Waals surface area contributed by atoms with Crippen molar-refractivity contribution in [2.24, 2.45) is 5.92 Å². The number of unbranched alkanes of at least 4 members (excludes halogenated alkanes) is 2. The highest BCUT2D eigenvalue weighted by atomic mass is 16.6. The third-order valence-corrected chi connectivity index (χ3v) is 3.12. The minimum Gasteiger partial charge on any atom is -0.465 e. The van der Waals surface area contributed by atoms with E-state index < -0.39 is 17.9 Å². The number of carbonyl (C=O) groups is 2. The van der Waals surface area contributed by atoms with Crippen LogP contribution < -0.4 is 0 Å². The predicted octanol–water partition coefficient (Wildman–Crippen LogP) is 2.34. The summed E-state index contributed by atoms with van der Waals surface area (Å²) in [5.41, 5.74) is 0. The summed E-state index contributed by atoms with van der Waals surface area (Å²) >= 11 is 0. The van der Waals surface area contributed by atoms with Gasteiger partial charge >= 0.3 is 11.9 Å². The molecule has 0 N–H and O–H groups in total. The highest BCUT2D eigenvalue weighted by Gasteiger charge is 2.28. The van der Waals surface area contributed by atoms with E-state index in [1.54, 1.807) is 14.2 Å². The summed E-state index contributed by atoms with van der Waals surface area (Å²) in [7, 11) is 3.26. The number of carbonyl (C=O) groups excluding carboxylic acids is 2. The van der Waals surface area contributed by atoms with E-state index in [2.05, 4.69) is 0 Å². The van der Waals surface area contributed by atoms with Gasteiger partial charge in [-0.3, -0.25) is 9.59 Å². The Morgan fingerprint density at radius 3 is 1.55 bits per heavy atom. The molecule has 0 aromatic heterocycles. The van der Waals surface area contributed by atoms with Crippen LogP contribution in [0.3, 0.4) is 0 Å². The molecule has 6 heteroatoms.